The number of hydrazine groups is 1. The Morgan fingerprint density at radius 2 is 1.45 bits per heavy atom. The highest BCUT2D eigenvalue weighted by Gasteiger charge is 2.20. The number of benzene rings is 2. The molecule has 0 bridgehead atoms. The molecular formula is C22H20N2O5. The number of hydrogen-bond acceptors (Lipinski definition) is 5. The normalized spacial score (nSPS) is 10.4. The van der Waals surface area contributed by atoms with E-state index in [2.05, 4.69) is 10.9 Å². The first-order chi connectivity index (χ1) is 14.1. The first-order valence-corrected chi connectivity index (χ1v) is 9.01. The van der Waals surface area contributed by atoms with E-state index in [4.69, 9.17) is 9.15 Å². The van der Waals surface area contributed by atoms with E-state index in [9.17, 15) is 14.4 Å². The molecule has 0 aliphatic carbocycles. The number of ether oxygens (including phenoxy) is 1. The third-order valence-corrected chi connectivity index (χ3v) is 4.20. The maximum Gasteiger partial charge on any atom is 0.307 e. The van der Waals surface area contributed by atoms with E-state index in [1.54, 1.807) is 6.07 Å². The summed E-state index contributed by atoms with van der Waals surface area (Å²) in [5.41, 5.74) is 6.30. The third kappa shape index (κ3) is 5.80. The summed E-state index contributed by atoms with van der Waals surface area (Å²) in [7, 11) is 0. The van der Waals surface area contributed by atoms with Gasteiger partial charge < -0.3 is 9.15 Å². The molecule has 2 N–H and O–H groups in total. The monoisotopic (exact) mass is 392 g/mol. The van der Waals surface area contributed by atoms with Crippen LogP contribution in [0.5, 0.6) is 0 Å². The second-order valence-electron chi connectivity index (χ2n) is 6.22. The number of carbonyl (C=O) groups is 3. The predicted octanol–water partition coefficient (Wildman–Crippen LogP) is 2.81. The lowest BCUT2D eigenvalue weighted by molar-refractivity contribution is -0.148. The molecule has 1 aromatic heterocycles. The minimum atomic E-state index is -0.658. The van der Waals surface area contributed by atoms with Crippen molar-refractivity contribution in [2.75, 3.05) is 6.61 Å². The van der Waals surface area contributed by atoms with Gasteiger partial charge in [0.05, 0.1) is 12.7 Å². The molecule has 2 amide bonds. The number of esters is 1. The van der Waals surface area contributed by atoms with Crippen molar-refractivity contribution in [1.29, 1.82) is 0 Å². The molecule has 3 rings (SSSR count). The van der Waals surface area contributed by atoms with Gasteiger partial charge in [-0.25, -0.2) is 0 Å². The van der Waals surface area contributed by atoms with Crippen LogP contribution in [0.4, 0.5) is 0 Å². The Morgan fingerprint density at radius 3 is 2.00 bits per heavy atom. The van der Waals surface area contributed by atoms with Crippen LogP contribution in [-0.2, 0) is 14.3 Å². The van der Waals surface area contributed by atoms with Gasteiger partial charge >= 0.3 is 11.9 Å². The maximum atomic E-state index is 12.3. The SMILES string of the molecule is O=C(COC(=O)CC(c1ccccc1)c1ccccc1)NNC(=O)c1ccco1. The molecule has 0 spiro atoms. The van der Waals surface area contributed by atoms with E-state index in [0.717, 1.165) is 11.1 Å². The van der Waals surface area contributed by atoms with Gasteiger partial charge in [0.1, 0.15) is 0 Å². The van der Waals surface area contributed by atoms with Gasteiger partial charge in [-0.15, -0.1) is 0 Å². The molecule has 0 atom stereocenters. The number of carbonyl (C=O) groups excluding carboxylic acids is 3. The minimum absolute atomic E-state index is 0.0517. The van der Waals surface area contributed by atoms with E-state index >= 15 is 0 Å². The molecule has 1 heterocycles. The fourth-order valence-electron chi connectivity index (χ4n) is 2.80. The van der Waals surface area contributed by atoms with Gasteiger partial charge in [-0.1, -0.05) is 60.7 Å². The van der Waals surface area contributed by atoms with Crippen LogP contribution in [0, 0.1) is 0 Å². The molecular weight excluding hydrogens is 372 g/mol. The second kappa shape index (κ2) is 9.89. The molecule has 29 heavy (non-hydrogen) atoms. The summed E-state index contributed by atoms with van der Waals surface area (Å²) in [6.45, 7) is -0.506. The van der Waals surface area contributed by atoms with Crippen LogP contribution >= 0.6 is 0 Å². The van der Waals surface area contributed by atoms with Gasteiger partial charge in [-0.05, 0) is 23.3 Å². The Hall–Kier alpha value is -3.87. The van der Waals surface area contributed by atoms with Crippen LogP contribution in [0.2, 0.25) is 0 Å². The van der Waals surface area contributed by atoms with Crippen LogP contribution < -0.4 is 10.9 Å². The molecule has 7 nitrogen and oxygen atoms in total. The number of furan rings is 1. The van der Waals surface area contributed by atoms with Crippen molar-refractivity contribution in [3.8, 4) is 0 Å². The predicted molar refractivity (Wildman–Crippen MR) is 105 cm³/mol. The average Bonchev–Trinajstić information content (AvgIpc) is 3.30. The zero-order chi connectivity index (χ0) is 20.5. The Bertz CT molecular complexity index is 900. The second-order valence-corrected chi connectivity index (χ2v) is 6.22. The fraction of sp³-hybridized carbons (Fsp3) is 0.136. The van der Waals surface area contributed by atoms with Crippen molar-refractivity contribution in [2.45, 2.75) is 12.3 Å². The number of hydrogen-bond donors (Lipinski definition) is 2. The molecule has 0 saturated heterocycles. The van der Waals surface area contributed by atoms with Gasteiger partial charge in [-0.2, -0.15) is 0 Å². The van der Waals surface area contributed by atoms with Crippen LogP contribution in [0.25, 0.3) is 0 Å². The molecule has 148 valence electrons. The van der Waals surface area contributed by atoms with Crippen LogP contribution in [0.15, 0.2) is 83.5 Å². The summed E-state index contributed by atoms with van der Waals surface area (Å²) in [6.07, 6.45) is 1.43. The summed E-state index contributed by atoms with van der Waals surface area (Å²) in [5.74, 6) is -1.92. The van der Waals surface area contributed by atoms with Gasteiger partial charge in [0.2, 0.25) is 0 Å². The standard InChI is InChI=1S/C22H20N2O5/c25-20(23-24-22(27)19-12-7-13-28-19)15-29-21(26)14-18(16-8-3-1-4-9-16)17-10-5-2-6-11-17/h1-13,18H,14-15H2,(H,23,25)(H,24,27). The molecule has 7 heteroatoms. The lowest BCUT2D eigenvalue weighted by Gasteiger charge is -2.17. The van der Waals surface area contributed by atoms with Gasteiger partial charge in [0.25, 0.3) is 5.91 Å². The van der Waals surface area contributed by atoms with Crippen molar-refractivity contribution >= 4 is 17.8 Å². The number of rotatable bonds is 7. The highest BCUT2D eigenvalue weighted by Crippen LogP contribution is 2.28. The van der Waals surface area contributed by atoms with Crippen molar-refractivity contribution in [3.63, 3.8) is 0 Å². The Morgan fingerprint density at radius 1 is 0.828 bits per heavy atom. The van der Waals surface area contributed by atoms with E-state index in [1.807, 2.05) is 60.7 Å². The van der Waals surface area contributed by atoms with Gasteiger partial charge in [0, 0.05) is 5.92 Å². The molecule has 0 radical (unpaired) electrons. The summed E-state index contributed by atoms with van der Waals surface area (Å²) in [5, 5.41) is 0. The highest BCUT2D eigenvalue weighted by molar-refractivity contribution is 5.93. The minimum Gasteiger partial charge on any atom is -0.459 e. The lowest BCUT2D eigenvalue weighted by atomic mass is 9.89. The molecule has 0 aliphatic heterocycles. The number of nitrogens with one attached hydrogen (secondary N) is 2. The van der Waals surface area contributed by atoms with Crippen LogP contribution in [-0.4, -0.2) is 24.4 Å². The van der Waals surface area contributed by atoms with Gasteiger partial charge in [0.15, 0.2) is 12.4 Å². The molecule has 3 aromatic rings. The molecule has 0 unspecified atom stereocenters. The van der Waals surface area contributed by atoms with Gasteiger partial charge in [-0.3, -0.25) is 25.2 Å². The Kier molecular flexibility index (Phi) is 6.78. The van der Waals surface area contributed by atoms with E-state index in [1.165, 1.54) is 12.3 Å². The molecule has 0 saturated carbocycles. The van der Waals surface area contributed by atoms with Crippen molar-refractivity contribution in [1.82, 2.24) is 10.9 Å². The van der Waals surface area contributed by atoms with E-state index in [0.29, 0.717) is 0 Å². The topological polar surface area (TPSA) is 97.6 Å². The summed E-state index contributed by atoms with van der Waals surface area (Å²) in [4.78, 5) is 35.8. The van der Waals surface area contributed by atoms with Crippen molar-refractivity contribution in [2.24, 2.45) is 0 Å². The first-order valence-electron chi connectivity index (χ1n) is 9.01. The quantitative estimate of drug-likeness (QED) is 0.476. The molecule has 0 fully saturated rings. The Balaban J connectivity index is 1.52. The molecule has 2 aromatic carbocycles. The lowest BCUT2D eigenvalue weighted by Crippen LogP contribution is -2.43. The maximum absolute atomic E-state index is 12.3. The third-order valence-electron chi connectivity index (χ3n) is 4.20. The summed E-state index contributed by atoms with van der Waals surface area (Å²) < 4.78 is 9.98. The largest absolute Gasteiger partial charge is 0.459 e. The first kappa shape index (κ1) is 19.9. The van der Waals surface area contributed by atoms with E-state index < -0.39 is 24.4 Å². The molecule has 0 aliphatic rings. The zero-order valence-electron chi connectivity index (χ0n) is 15.5. The zero-order valence-corrected chi connectivity index (χ0v) is 15.5. The van der Waals surface area contributed by atoms with E-state index in [-0.39, 0.29) is 18.1 Å². The van der Waals surface area contributed by atoms with Crippen molar-refractivity contribution < 1.29 is 23.5 Å². The average molecular weight is 392 g/mol. The summed E-state index contributed by atoms with van der Waals surface area (Å²) >= 11 is 0. The van der Waals surface area contributed by atoms with Crippen LogP contribution in [0.1, 0.15) is 34.0 Å². The van der Waals surface area contributed by atoms with Crippen molar-refractivity contribution in [3.05, 3.63) is 95.9 Å². The fourth-order valence-corrected chi connectivity index (χ4v) is 2.80. The van der Waals surface area contributed by atoms with Crippen LogP contribution in [0.3, 0.4) is 0 Å². The Labute approximate surface area is 167 Å². The smallest absolute Gasteiger partial charge is 0.307 e. The number of amides is 2. The highest BCUT2D eigenvalue weighted by atomic mass is 16.5. The summed E-state index contributed by atoms with van der Waals surface area (Å²) in [6, 6.07) is 22.2.